The summed E-state index contributed by atoms with van der Waals surface area (Å²) >= 11 is 5.96. The SMILES string of the molecule is CCC1CCCC(Nc2cc(Cl)ccc2C(=O)O)C1. The Kier molecular flexibility index (Phi) is 4.70. The van der Waals surface area contributed by atoms with Gasteiger partial charge in [0.15, 0.2) is 0 Å². The predicted octanol–water partition coefficient (Wildman–Crippen LogP) is 4.42. The Morgan fingerprint density at radius 2 is 2.26 bits per heavy atom. The van der Waals surface area contributed by atoms with Crippen molar-refractivity contribution in [3.05, 3.63) is 28.8 Å². The summed E-state index contributed by atoms with van der Waals surface area (Å²) in [6, 6.07) is 5.25. The smallest absolute Gasteiger partial charge is 0.337 e. The molecular formula is C15H20ClNO2. The summed E-state index contributed by atoms with van der Waals surface area (Å²) in [5, 5.41) is 13.1. The highest BCUT2D eigenvalue weighted by Gasteiger charge is 2.22. The molecule has 2 rings (SSSR count). The summed E-state index contributed by atoms with van der Waals surface area (Å²) < 4.78 is 0. The van der Waals surface area contributed by atoms with Crippen LogP contribution in [0.3, 0.4) is 0 Å². The number of hydrogen-bond acceptors (Lipinski definition) is 2. The summed E-state index contributed by atoms with van der Waals surface area (Å²) in [7, 11) is 0. The van der Waals surface area contributed by atoms with Crippen LogP contribution in [0.5, 0.6) is 0 Å². The summed E-state index contributed by atoms with van der Waals surface area (Å²) in [5.41, 5.74) is 0.935. The second-order valence-corrected chi connectivity index (χ2v) is 5.71. The van der Waals surface area contributed by atoms with Crippen LogP contribution in [0.25, 0.3) is 0 Å². The maximum absolute atomic E-state index is 11.2. The topological polar surface area (TPSA) is 49.3 Å². The Morgan fingerprint density at radius 3 is 2.95 bits per heavy atom. The second kappa shape index (κ2) is 6.29. The van der Waals surface area contributed by atoms with Crippen LogP contribution in [0.2, 0.25) is 5.02 Å². The molecule has 0 spiro atoms. The largest absolute Gasteiger partial charge is 0.478 e. The van der Waals surface area contributed by atoms with E-state index in [1.807, 2.05) is 0 Å². The van der Waals surface area contributed by atoms with E-state index in [0.29, 0.717) is 22.3 Å². The van der Waals surface area contributed by atoms with E-state index >= 15 is 0 Å². The van der Waals surface area contributed by atoms with Gasteiger partial charge in [-0.1, -0.05) is 37.8 Å². The first-order valence-corrected chi connectivity index (χ1v) is 7.27. The van der Waals surface area contributed by atoms with Crippen LogP contribution >= 0.6 is 11.6 Å². The number of rotatable bonds is 4. The lowest BCUT2D eigenvalue weighted by atomic mass is 9.84. The molecule has 2 N–H and O–H groups in total. The van der Waals surface area contributed by atoms with Gasteiger partial charge < -0.3 is 10.4 Å². The number of benzene rings is 1. The Morgan fingerprint density at radius 1 is 1.47 bits per heavy atom. The van der Waals surface area contributed by atoms with Crippen LogP contribution in [-0.4, -0.2) is 17.1 Å². The van der Waals surface area contributed by atoms with Crippen molar-refractivity contribution in [3.63, 3.8) is 0 Å². The number of hydrogen-bond donors (Lipinski definition) is 2. The van der Waals surface area contributed by atoms with E-state index in [2.05, 4.69) is 12.2 Å². The fourth-order valence-electron chi connectivity index (χ4n) is 2.84. The minimum atomic E-state index is -0.915. The highest BCUT2D eigenvalue weighted by molar-refractivity contribution is 6.31. The van der Waals surface area contributed by atoms with Gasteiger partial charge in [-0.15, -0.1) is 0 Å². The van der Waals surface area contributed by atoms with Crippen molar-refractivity contribution < 1.29 is 9.90 Å². The first-order valence-electron chi connectivity index (χ1n) is 6.89. The van der Waals surface area contributed by atoms with Crippen molar-refractivity contribution in [2.24, 2.45) is 5.92 Å². The first kappa shape index (κ1) is 14.2. The molecule has 0 bridgehead atoms. The maximum atomic E-state index is 11.2. The normalized spacial score (nSPS) is 23.1. The molecule has 104 valence electrons. The zero-order valence-corrected chi connectivity index (χ0v) is 11.9. The van der Waals surface area contributed by atoms with Crippen molar-refractivity contribution in [1.82, 2.24) is 0 Å². The minimum Gasteiger partial charge on any atom is -0.478 e. The highest BCUT2D eigenvalue weighted by Crippen LogP contribution is 2.30. The third kappa shape index (κ3) is 3.63. The number of nitrogens with one attached hydrogen (secondary N) is 1. The van der Waals surface area contributed by atoms with Crippen molar-refractivity contribution in [3.8, 4) is 0 Å². The Labute approximate surface area is 119 Å². The molecule has 0 radical (unpaired) electrons. The Hall–Kier alpha value is -1.22. The third-order valence-electron chi connectivity index (χ3n) is 3.93. The standard InChI is InChI=1S/C15H20ClNO2/c1-2-10-4-3-5-12(8-10)17-14-9-11(16)6-7-13(14)15(18)19/h6-7,9-10,12,17H,2-5,8H2,1H3,(H,18,19). The zero-order chi connectivity index (χ0) is 13.8. The molecule has 1 aromatic rings. The minimum absolute atomic E-state index is 0.294. The van der Waals surface area contributed by atoms with E-state index in [0.717, 1.165) is 18.8 Å². The van der Waals surface area contributed by atoms with Gasteiger partial charge in [0.1, 0.15) is 0 Å². The van der Waals surface area contributed by atoms with Crippen LogP contribution in [0.1, 0.15) is 49.4 Å². The lowest BCUT2D eigenvalue weighted by Crippen LogP contribution is -2.27. The predicted molar refractivity (Wildman–Crippen MR) is 78.1 cm³/mol. The summed E-state index contributed by atoms with van der Waals surface area (Å²) in [4.78, 5) is 11.2. The van der Waals surface area contributed by atoms with E-state index in [1.165, 1.54) is 19.3 Å². The fraction of sp³-hybridized carbons (Fsp3) is 0.533. The molecular weight excluding hydrogens is 262 g/mol. The number of carboxylic acids is 1. The van der Waals surface area contributed by atoms with E-state index in [4.69, 9.17) is 11.6 Å². The van der Waals surface area contributed by atoms with Gasteiger partial charge >= 0.3 is 5.97 Å². The van der Waals surface area contributed by atoms with Crippen LogP contribution in [0.15, 0.2) is 18.2 Å². The molecule has 1 aliphatic rings. The number of carboxylic acid groups (broad SMARTS) is 1. The third-order valence-corrected chi connectivity index (χ3v) is 4.17. The zero-order valence-electron chi connectivity index (χ0n) is 11.2. The van der Waals surface area contributed by atoms with Crippen LogP contribution < -0.4 is 5.32 Å². The summed E-state index contributed by atoms with van der Waals surface area (Å²) in [5.74, 6) is -0.166. The molecule has 1 aromatic carbocycles. The van der Waals surface area contributed by atoms with Crippen LogP contribution in [0.4, 0.5) is 5.69 Å². The lowest BCUT2D eigenvalue weighted by Gasteiger charge is -2.30. The lowest BCUT2D eigenvalue weighted by molar-refractivity contribution is 0.0698. The first-order chi connectivity index (χ1) is 9.10. The molecule has 0 amide bonds. The highest BCUT2D eigenvalue weighted by atomic mass is 35.5. The van der Waals surface area contributed by atoms with E-state index in [1.54, 1.807) is 18.2 Å². The molecule has 2 atom stereocenters. The summed E-state index contributed by atoms with van der Waals surface area (Å²) in [6.45, 7) is 2.22. The van der Waals surface area contributed by atoms with Gasteiger partial charge in [-0.05, 0) is 37.0 Å². The van der Waals surface area contributed by atoms with Gasteiger partial charge in [-0.25, -0.2) is 4.79 Å². The van der Waals surface area contributed by atoms with Crippen molar-refractivity contribution in [1.29, 1.82) is 0 Å². The molecule has 0 heterocycles. The molecule has 0 saturated heterocycles. The van der Waals surface area contributed by atoms with Gasteiger partial charge in [0.2, 0.25) is 0 Å². The number of halogens is 1. The molecule has 0 aromatic heterocycles. The molecule has 1 aliphatic carbocycles. The molecule has 4 heteroatoms. The van der Waals surface area contributed by atoms with E-state index in [9.17, 15) is 9.90 Å². The van der Waals surface area contributed by atoms with Gasteiger partial charge in [0, 0.05) is 11.1 Å². The fourth-order valence-corrected chi connectivity index (χ4v) is 3.01. The Balaban J connectivity index is 2.13. The van der Waals surface area contributed by atoms with Gasteiger partial charge in [0.05, 0.1) is 11.3 Å². The summed E-state index contributed by atoms with van der Waals surface area (Å²) in [6.07, 6.45) is 5.90. The average molecular weight is 282 g/mol. The van der Waals surface area contributed by atoms with Gasteiger partial charge in [-0.3, -0.25) is 0 Å². The molecule has 2 unspecified atom stereocenters. The number of aromatic carboxylic acids is 1. The van der Waals surface area contributed by atoms with Crippen molar-refractivity contribution >= 4 is 23.3 Å². The Bertz CT molecular complexity index is 461. The number of carbonyl (C=O) groups is 1. The second-order valence-electron chi connectivity index (χ2n) is 5.28. The van der Waals surface area contributed by atoms with Gasteiger partial charge in [-0.2, -0.15) is 0 Å². The van der Waals surface area contributed by atoms with E-state index in [-0.39, 0.29) is 0 Å². The van der Waals surface area contributed by atoms with Crippen molar-refractivity contribution in [2.45, 2.75) is 45.1 Å². The van der Waals surface area contributed by atoms with E-state index < -0.39 is 5.97 Å². The molecule has 19 heavy (non-hydrogen) atoms. The van der Waals surface area contributed by atoms with Crippen molar-refractivity contribution in [2.75, 3.05) is 5.32 Å². The molecule has 1 fully saturated rings. The average Bonchev–Trinajstić information content (AvgIpc) is 2.38. The molecule has 3 nitrogen and oxygen atoms in total. The molecule has 1 saturated carbocycles. The van der Waals surface area contributed by atoms with Gasteiger partial charge in [0.25, 0.3) is 0 Å². The van der Waals surface area contributed by atoms with Crippen LogP contribution in [-0.2, 0) is 0 Å². The number of anilines is 1. The van der Waals surface area contributed by atoms with Crippen LogP contribution in [0, 0.1) is 5.92 Å². The quantitative estimate of drug-likeness (QED) is 0.859. The maximum Gasteiger partial charge on any atom is 0.337 e. The monoisotopic (exact) mass is 281 g/mol. The molecule has 0 aliphatic heterocycles.